The summed E-state index contributed by atoms with van der Waals surface area (Å²) in [6.07, 6.45) is 3.55. The van der Waals surface area contributed by atoms with Crippen LogP contribution in [0.5, 0.6) is 0 Å². The van der Waals surface area contributed by atoms with Crippen molar-refractivity contribution in [3.8, 4) is 0 Å². The number of rotatable bonds is 4. The van der Waals surface area contributed by atoms with Gasteiger partial charge in [-0.05, 0) is 26.3 Å². The maximum absolute atomic E-state index is 9.15. The van der Waals surface area contributed by atoms with E-state index in [-0.39, 0.29) is 6.61 Å². The summed E-state index contributed by atoms with van der Waals surface area (Å²) < 4.78 is 0. The fourth-order valence-corrected chi connectivity index (χ4v) is 2.61. The molecule has 0 amide bonds. The summed E-state index contributed by atoms with van der Waals surface area (Å²) >= 11 is 0. The van der Waals surface area contributed by atoms with Gasteiger partial charge in [0.1, 0.15) is 11.6 Å². The van der Waals surface area contributed by atoms with E-state index >= 15 is 0 Å². The van der Waals surface area contributed by atoms with E-state index in [9.17, 15) is 0 Å². The molecule has 100 valence electrons. The summed E-state index contributed by atoms with van der Waals surface area (Å²) in [6.45, 7) is 3.90. The Balaban J connectivity index is 2.24. The molecule has 18 heavy (non-hydrogen) atoms. The number of likely N-dealkylation sites (tertiary alicyclic amines) is 1. The number of piperidine rings is 1. The van der Waals surface area contributed by atoms with Crippen molar-refractivity contribution in [1.29, 1.82) is 0 Å². The van der Waals surface area contributed by atoms with Crippen molar-refractivity contribution in [2.75, 3.05) is 32.1 Å². The molecule has 1 saturated heterocycles. The average Bonchev–Trinajstić information content (AvgIpc) is 2.39. The summed E-state index contributed by atoms with van der Waals surface area (Å²) in [6, 6.07) is 2.34. The highest BCUT2D eigenvalue weighted by Gasteiger charge is 2.25. The highest BCUT2D eigenvalue weighted by Crippen LogP contribution is 2.30. The third-order valence-electron chi connectivity index (χ3n) is 3.46. The van der Waals surface area contributed by atoms with Crippen LogP contribution in [0.2, 0.25) is 0 Å². The van der Waals surface area contributed by atoms with E-state index < -0.39 is 0 Å². The molecule has 0 aromatic carbocycles. The minimum Gasteiger partial charge on any atom is -0.395 e. The Morgan fingerprint density at radius 2 is 2.28 bits per heavy atom. The molecule has 1 aliphatic heterocycles. The van der Waals surface area contributed by atoms with Crippen LogP contribution in [0.4, 0.5) is 5.82 Å². The predicted octanol–water partition coefficient (Wildman–Crippen LogP) is 1.35. The van der Waals surface area contributed by atoms with Gasteiger partial charge in [0.15, 0.2) is 0 Å². The standard InChI is InChI=1S/C13H22N4O/c1-10-15-11(9-13(14-2)16-10)12-5-3-4-6-17(12)7-8-18/h9,12,18H,3-8H2,1-2H3,(H,14,15,16). The quantitative estimate of drug-likeness (QED) is 0.844. The molecule has 0 saturated carbocycles. The fourth-order valence-electron chi connectivity index (χ4n) is 2.61. The number of aromatic nitrogens is 2. The smallest absolute Gasteiger partial charge is 0.129 e. The van der Waals surface area contributed by atoms with E-state index in [4.69, 9.17) is 5.11 Å². The van der Waals surface area contributed by atoms with E-state index in [2.05, 4.69) is 20.2 Å². The first kappa shape index (κ1) is 13.2. The van der Waals surface area contributed by atoms with Gasteiger partial charge in [0.25, 0.3) is 0 Å². The molecule has 2 N–H and O–H groups in total. The van der Waals surface area contributed by atoms with Crippen molar-refractivity contribution in [3.63, 3.8) is 0 Å². The second kappa shape index (κ2) is 6.11. The lowest BCUT2D eigenvalue weighted by Gasteiger charge is -2.35. The molecule has 1 atom stereocenters. The van der Waals surface area contributed by atoms with Crippen LogP contribution in [-0.2, 0) is 0 Å². The van der Waals surface area contributed by atoms with E-state index in [1.807, 2.05) is 20.0 Å². The van der Waals surface area contributed by atoms with Crippen molar-refractivity contribution < 1.29 is 5.11 Å². The maximum atomic E-state index is 9.15. The number of anilines is 1. The lowest BCUT2D eigenvalue weighted by atomic mass is 9.99. The van der Waals surface area contributed by atoms with Gasteiger partial charge < -0.3 is 10.4 Å². The van der Waals surface area contributed by atoms with E-state index in [1.165, 1.54) is 12.8 Å². The highest BCUT2D eigenvalue weighted by atomic mass is 16.3. The van der Waals surface area contributed by atoms with Crippen LogP contribution in [-0.4, -0.2) is 46.7 Å². The van der Waals surface area contributed by atoms with Gasteiger partial charge in [-0.25, -0.2) is 9.97 Å². The Labute approximate surface area is 108 Å². The van der Waals surface area contributed by atoms with Gasteiger partial charge in [0.2, 0.25) is 0 Å². The normalized spacial score (nSPS) is 20.9. The molecule has 2 rings (SSSR count). The van der Waals surface area contributed by atoms with Crippen molar-refractivity contribution in [3.05, 3.63) is 17.6 Å². The van der Waals surface area contributed by atoms with Crippen molar-refractivity contribution in [1.82, 2.24) is 14.9 Å². The predicted molar refractivity (Wildman–Crippen MR) is 71.6 cm³/mol. The molecular weight excluding hydrogens is 228 g/mol. The highest BCUT2D eigenvalue weighted by molar-refractivity contribution is 5.36. The van der Waals surface area contributed by atoms with Crippen LogP contribution in [0, 0.1) is 6.92 Å². The Hall–Kier alpha value is -1.20. The molecule has 1 aromatic rings. The summed E-state index contributed by atoms with van der Waals surface area (Å²) in [5, 5.41) is 12.2. The largest absolute Gasteiger partial charge is 0.395 e. The van der Waals surface area contributed by atoms with Crippen molar-refractivity contribution in [2.45, 2.75) is 32.2 Å². The van der Waals surface area contributed by atoms with Crippen LogP contribution < -0.4 is 5.32 Å². The van der Waals surface area contributed by atoms with Crippen LogP contribution in [0.25, 0.3) is 0 Å². The van der Waals surface area contributed by atoms with Gasteiger partial charge in [0.05, 0.1) is 18.3 Å². The van der Waals surface area contributed by atoms with E-state index in [1.54, 1.807) is 0 Å². The molecule has 1 aromatic heterocycles. The zero-order valence-electron chi connectivity index (χ0n) is 11.2. The third-order valence-corrected chi connectivity index (χ3v) is 3.46. The number of hydrogen-bond donors (Lipinski definition) is 2. The van der Waals surface area contributed by atoms with Crippen LogP contribution in [0.3, 0.4) is 0 Å². The molecule has 1 unspecified atom stereocenters. The van der Waals surface area contributed by atoms with Crippen molar-refractivity contribution >= 4 is 5.82 Å². The monoisotopic (exact) mass is 250 g/mol. The topological polar surface area (TPSA) is 61.3 Å². The minimum atomic E-state index is 0.208. The Bertz CT molecular complexity index is 395. The van der Waals surface area contributed by atoms with Crippen LogP contribution in [0.1, 0.15) is 36.8 Å². The molecule has 5 heteroatoms. The van der Waals surface area contributed by atoms with E-state index in [0.717, 1.165) is 36.8 Å². The third kappa shape index (κ3) is 2.97. The minimum absolute atomic E-state index is 0.208. The Morgan fingerprint density at radius 3 is 3.00 bits per heavy atom. The molecule has 2 heterocycles. The first-order valence-corrected chi connectivity index (χ1v) is 6.63. The number of hydrogen-bond acceptors (Lipinski definition) is 5. The van der Waals surface area contributed by atoms with E-state index in [0.29, 0.717) is 6.04 Å². The number of β-amino-alcohol motifs (C(OH)–C–C–N with tert-alkyl or cyclic N) is 1. The zero-order chi connectivity index (χ0) is 13.0. The fraction of sp³-hybridized carbons (Fsp3) is 0.692. The van der Waals surface area contributed by atoms with Gasteiger partial charge in [-0.2, -0.15) is 0 Å². The van der Waals surface area contributed by atoms with Gasteiger partial charge in [-0.3, -0.25) is 4.90 Å². The number of aryl methyl sites for hydroxylation is 1. The molecule has 0 spiro atoms. The Kier molecular flexibility index (Phi) is 4.49. The molecule has 0 radical (unpaired) electrons. The molecule has 1 aliphatic rings. The van der Waals surface area contributed by atoms with Crippen molar-refractivity contribution in [2.24, 2.45) is 0 Å². The lowest BCUT2D eigenvalue weighted by molar-refractivity contribution is 0.114. The zero-order valence-corrected chi connectivity index (χ0v) is 11.2. The molecule has 1 fully saturated rings. The molecule has 0 aliphatic carbocycles. The SMILES string of the molecule is CNc1cc(C2CCCCN2CCO)nc(C)n1. The summed E-state index contributed by atoms with van der Waals surface area (Å²) in [7, 11) is 1.87. The lowest BCUT2D eigenvalue weighted by Crippen LogP contribution is -2.36. The first-order valence-electron chi connectivity index (χ1n) is 6.63. The maximum Gasteiger partial charge on any atom is 0.129 e. The summed E-state index contributed by atoms with van der Waals surface area (Å²) in [5.41, 5.74) is 1.07. The number of nitrogens with one attached hydrogen (secondary N) is 1. The number of aliphatic hydroxyl groups excluding tert-OH is 1. The summed E-state index contributed by atoms with van der Waals surface area (Å²) in [5.74, 6) is 1.67. The second-order valence-electron chi connectivity index (χ2n) is 4.75. The van der Waals surface area contributed by atoms with Crippen LogP contribution >= 0.6 is 0 Å². The van der Waals surface area contributed by atoms with Gasteiger partial charge in [-0.15, -0.1) is 0 Å². The molecule has 5 nitrogen and oxygen atoms in total. The second-order valence-corrected chi connectivity index (χ2v) is 4.75. The van der Waals surface area contributed by atoms with Gasteiger partial charge >= 0.3 is 0 Å². The number of nitrogens with zero attached hydrogens (tertiary/aromatic N) is 3. The first-order chi connectivity index (χ1) is 8.74. The van der Waals surface area contributed by atoms with Gasteiger partial charge in [0, 0.05) is 19.7 Å². The Morgan fingerprint density at radius 1 is 1.44 bits per heavy atom. The van der Waals surface area contributed by atoms with Crippen LogP contribution in [0.15, 0.2) is 6.07 Å². The van der Waals surface area contributed by atoms with Gasteiger partial charge in [-0.1, -0.05) is 6.42 Å². The summed E-state index contributed by atoms with van der Waals surface area (Å²) in [4.78, 5) is 11.2. The average molecular weight is 250 g/mol. The number of aliphatic hydroxyl groups is 1. The molecule has 0 bridgehead atoms. The molecular formula is C13H22N4O.